The summed E-state index contributed by atoms with van der Waals surface area (Å²) < 4.78 is 0. The lowest BCUT2D eigenvalue weighted by molar-refractivity contribution is -0.126. The minimum Gasteiger partial charge on any atom is -0.344 e. The van der Waals surface area contributed by atoms with Gasteiger partial charge in [0.05, 0.1) is 10.7 Å². The zero-order valence-electron chi connectivity index (χ0n) is 13.7. The number of thiazole rings is 1. The molecular weight excluding hydrogens is 310 g/mol. The minimum absolute atomic E-state index is 0.0103. The predicted molar refractivity (Wildman–Crippen MR) is 93.4 cm³/mol. The number of hydrogen-bond donors (Lipinski definition) is 2. The van der Waals surface area contributed by atoms with E-state index >= 15 is 0 Å². The second kappa shape index (κ2) is 7.37. The Morgan fingerprint density at radius 2 is 1.83 bits per heavy atom. The first-order chi connectivity index (χ1) is 10.9. The molecule has 1 heterocycles. The van der Waals surface area contributed by atoms with E-state index in [0.29, 0.717) is 5.69 Å². The van der Waals surface area contributed by atoms with Crippen LogP contribution in [0.2, 0.25) is 0 Å². The average molecular weight is 331 g/mol. The molecular formula is C17H21N3O2S. The van der Waals surface area contributed by atoms with E-state index in [4.69, 9.17) is 0 Å². The zero-order chi connectivity index (χ0) is 17.0. The fourth-order valence-electron chi connectivity index (χ4n) is 2.19. The summed E-state index contributed by atoms with van der Waals surface area (Å²) in [6.07, 6.45) is 0. The first-order valence-electron chi connectivity index (χ1n) is 7.47. The highest BCUT2D eigenvalue weighted by molar-refractivity contribution is 7.09. The van der Waals surface area contributed by atoms with Crippen LogP contribution < -0.4 is 10.6 Å². The van der Waals surface area contributed by atoms with Crippen LogP contribution >= 0.6 is 11.3 Å². The Balaban J connectivity index is 2.07. The SMILES string of the molecule is CC(=O)NC(C(=O)Nc1ccc(-c2csc(C)n2)cc1)C(C)C. The molecule has 0 radical (unpaired) electrons. The van der Waals surface area contributed by atoms with Gasteiger partial charge in [0.25, 0.3) is 0 Å². The number of carbonyl (C=O) groups is 2. The maximum absolute atomic E-state index is 12.3. The van der Waals surface area contributed by atoms with Gasteiger partial charge in [-0.05, 0) is 25.0 Å². The van der Waals surface area contributed by atoms with Crippen LogP contribution in [0.4, 0.5) is 5.69 Å². The van der Waals surface area contributed by atoms with Crippen LogP contribution in [0.25, 0.3) is 11.3 Å². The van der Waals surface area contributed by atoms with Crippen molar-refractivity contribution in [1.82, 2.24) is 10.3 Å². The van der Waals surface area contributed by atoms with Crippen LogP contribution in [0, 0.1) is 12.8 Å². The van der Waals surface area contributed by atoms with Gasteiger partial charge in [-0.1, -0.05) is 26.0 Å². The summed E-state index contributed by atoms with van der Waals surface area (Å²) in [5.41, 5.74) is 2.64. The molecule has 1 atom stereocenters. The van der Waals surface area contributed by atoms with Crippen molar-refractivity contribution in [1.29, 1.82) is 0 Å². The van der Waals surface area contributed by atoms with E-state index in [2.05, 4.69) is 15.6 Å². The Labute approximate surface area is 140 Å². The highest BCUT2D eigenvalue weighted by atomic mass is 32.1. The van der Waals surface area contributed by atoms with Crippen molar-refractivity contribution in [3.05, 3.63) is 34.7 Å². The average Bonchev–Trinajstić information content (AvgIpc) is 2.91. The van der Waals surface area contributed by atoms with Gasteiger partial charge in [-0.15, -0.1) is 11.3 Å². The summed E-state index contributed by atoms with van der Waals surface area (Å²) in [6, 6.07) is 6.98. The van der Waals surface area contributed by atoms with Crippen molar-refractivity contribution in [3.63, 3.8) is 0 Å². The number of aromatic nitrogens is 1. The van der Waals surface area contributed by atoms with E-state index in [0.717, 1.165) is 16.3 Å². The monoisotopic (exact) mass is 331 g/mol. The number of benzene rings is 1. The third-order valence-corrected chi connectivity index (χ3v) is 4.15. The first-order valence-corrected chi connectivity index (χ1v) is 8.35. The lowest BCUT2D eigenvalue weighted by Gasteiger charge is -2.21. The second-order valence-corrected chi connectivity index (χ2v) is 6.80. The molecule has 1 unspecified atom stereocenters. The number of hydrogen-bond acceptors (Lipinski definition) is 4. The van der Waals surface area contributed by atoms with E-state index in [-0.39, 0.29) is 17.7 Å². The molecule has 0 aliphatic carbocycles. The predicted octanol–water partition coefficient (Wildman–Crippen LogP) is 3.22. The molecule has 2 amide bonds. The Morgan fingerprint density at radius 3 is 2.30 bits per heavy atom. The molecule has 5 nitrogen and oxygen atoms in total. The standard InChI is InChI=1S/C17H21N3O2S/c1-10(2)16(18-11(3)21)17(22)20-14-7-5-13(6-8-14)15-9-23-12(4)19-15/h5-10,16H,1-4H3,(H,18,21)(H,20,22). The van der Waals surface area contributed by atoms with Gasteiger partial charge in [-0.3, -0.25) is 9.59 Å². The molecule has 0 aliphatic heterocycles. The van der Waals surface area contributed by atoms with Crippen LogP contribution in [0.3, 0.4) is 0 Å². The molecule has 122 valence electrons. The Kier molecular flexibility index (Phi) is 5.50. The molecule has 0 saturated carbocycles. The summed E-state index contributed by atoms with van der Waals surface area (Å²) in [5, 5.41) is 8.55. The highest BCUT2D eigenvalue weighted by Crippen LogP contribution is 2.23. The number of anilines is 1. The molecule has 2 rings (SSSR count). The maximum Gasteiger partial charge on any atom is 0.247 e. The Hall–Kier alpha value is -2.21. The number of aryl methyl sites for hydroxylation is 1. The van der Waals surface area contributed by atoms with E-state index in [1.807, 2.05) is 50.4 Å². The largest absolute Gasteiger partial charge is 0.344 e. The summed E-state index contributed by atoms with van der Waals surface area (Å²) in [7, 11) is 0. The van der Waals surface area contributed by atoms with Gasteiger partial charge in [0.2, 0.25) is 11.8 Å². The van der Waals surface area contributed by atoms with E-state index < -0.39 is 6.04 Å². The van der Waals surface area contributed by atoms with Gasteiger partial charge < -0.3 is 10.6 Å². The Bertz CT molecular complexity index is 692. The molecule has 0 saturated heterocycles. The topological polar surface area (TPSA) is 71.1 Å². The fourth-order valence-corrected chi connectivity index (χ4v) is 2.82. The van der Waals surface area contributed by atoms with E-state index in [9.17, 15) is 9.59 Å². The number of amides is 2. The lowest BCUT2D eigenvalue weighted by atomic mass is 10.0. The zero-order valence-corrected chi connectivity index (χ0v) is 14.5. The number of nitrogens with zero attached hydrogens (tertiary/aromatic N) is 1. The molecule has 2 aromatic rings. The summed E-state index contributed by atoms with van der Waals surface area (Å²) in [6.45, 7) is 7.17. The van der Waals surface area contributed by atoms with Crippen molar-refractivity contribution in [2.45, 2.75) is 33.7 Å². The van der Waals surface area contributed by atoms with Gasteiger partial charge in [0, 0.05) is 23.6 Å². The lowest BCUT2D eigenvalue weighted by Crippen LogP contribution is -2.46. The fraction of sp³-hybridized carbons (Fsp3) is 0.353. The molecule has 1 aromatic carbocycles. The smallest absolute Gasteiger partial charge is 0.247 e. The number of nitrogens with one attached hydrogen (secondary N) is 2. The minimum atomic E-state index is -0.548. The quantitative estimate of drug-likeness (QED) is 0.884. The van der Waals surface area contributed by atoms with Crippen molar-refractivity contribution >= 4 is 28.8 Å². The highest BCUT2D eigenvalue weighted by Gasteiger charge is 2.22. The number of carbonyl (C=O) groups excluding carboxylic acids is 2. The van der Waals surface area contributed by atoms with E-state index in [1.54, 1.807) is 11.3 Å². The van der Waals surface area contributed by atoms with Crippen LogP contribution in [-0.4, -0.2) is 22.8 Å². The van der Waals surface area contributed by atoms with Crippen molar-refractivity contribution in [2.24, 2.45) is 5.92 Å². The van der Waals surface area contributed by atoms with Crippen LogP contribution in [0.1, 0.15) is 25.8 Å². The van der Waals surface area contributed by atoms with Gasteiger partial charge in [-0.25, -0.2) is 4.98 Å². The van der Waals surface area contributed by atoms with Gasteiger partial charge in [0.1, 0.15) is 6.04 Å². The summed E-state index contributed by atoms with van der Waals surface area (Å²) >= 11 is 1.61. The third kappa shape index (κ3) is 4.63. The summed E-state index contributed by atoms with van der Waals surface area (Å²) in [4.78, 5) is 28.0. The maximum atomic E-state index is 12.3. The first kappa shape index (κ1) is 17.1. The van der Waals surface area contributed by atoms with Crippen molar-refractivity contribution < 1.29 is 9.59 Å². The molecule has 0 spiro atoms. The third-order valence-electron chi connectivity index (χ3n) is 3.38. The molecule has 6 heteroatoms. The molecule has 0 bridgehead atoms. The number of rotatable bonds is 5. The van der Waals surface area contributed by atoms with E-state index in [1.165, 1.54) is 6.92 Å². The normalized spacial score (nSPS) is 12.0. The van der Waals surface area contributed by atoms with Gasteiger partial charge in [0.15, 0.2) is 0 Å². The van der Waals surface area contributed by atoms with Crippen LogP contribution in [-0.2, 0) is 9.59 Å². The van der Waals surface area contributed by atoms with Crippen molar-refractivity contribution in [2.75, 3.05) is 5.32 Å². The van der Waals surface area contributed by atoms with Gasteiger partial charge >= 0.3 is 0 Å². The Morgan fingerprint density at radius 1 is 1.17 bits per heavy atom. The van der Waals surface area contributed by atoms with Gasteiger partial charge in [-0.2, -0.15) is 0 Å². The molecule has 23 heavy (non-hydrogen) atoms. The van der Waals surface area contributed by atoms with Crippen molar-refractivity contribution in [3.8, 4) is 11.3 Å². The molecule has 0 aliphatic rings. The van der Waals surface area contributed by atoms with Crippen LogP contribution in [0.5, 0.6) is 0 Å². The second-order valence-electron chi connectivity index (χ2n) is 5.74. The summed E-state index contributed by atoms with van der Waals surface area (Å²) in [5.74, 6) is -0.420. The molecule has 2 N–H and O–H groups in total. The van der Waals surface area contributed by atoms with Crippen LogP contribution in [0.15, 0.2) is 29.6 Å². The molecule has 1 aromatic heterocycles. The molecule has 0 fully saturated rings.